The minimum absolute atomic E-state index is 0.0641. The van der Waals surface area contributed by atoms with Gasteiger partial charge in [0.25, 0.3) is 0 Å². The Bertz CT molecular complexity index is 738. The summed E-state index contributed by atoms with van der Waals surface area (Å²) >= 11 is 6.00. The van der Waals surface area contributed by atoms with Crippen LogP contribution in [0, 0.1) is 0 Å². The molecule has 1 unspecified atom stereocenters. The van der Waals surface area contributed by atoms with Crippen molar-refractivity contribution >= 4 is 28.7 Å². The van der Waals surface area contributed by atoms with E-state index in [1.807, 2.05) is 42.5 Å². The van der Waals surface area contributed by atoms with E-state index in [0.29, 0.717) is 11.6 Å². The molecule has 1 aliphatic rings. The molecular formula is C17H23ClN4O2. The van der Waals surface area contributed by atoms with E-state index in [4.69, 9.17) is 16.3 Å². The highest BCUT2D eigenvalue weighted by Crippen LogP contribution is 2.23. The summed E-state index contributed by atoms with van der Waals surface area (Å²) in [5.41, 5.74) is 1.20. The molecule has 1 aromatic carbocycles. The molecular weight excluding hydrogens is 328 g/mol. The Hall–Kier alpha value is -1.82. The number of piperidine rings is 1. The van der Waals surface area contributed by atoms with Gasteiger partial charge in [0, 0.05) is 11.6 Å². The fourth-order valence-electron chi connectivity index (χ4n) is 3.03. The highest BCUT2D eigenvalue weighted by Gasteiger charge is 2.31. The van der Waals surface area contributed by atoms with Gasteiger partial charge in [0.2, 0.25) is 0 Å². The predicted octanol–water partition coefficient (Wildman–Crippen LogP) is 3.87. The van der Waals surface area contributed by atoms with Crippen LogP contribution in [-0.2, 0) is 11.3 Å². The topological polar surface area (TPSA) is 60.2 Å². The lowest BCUT2D eigenvalue weighted by molar-refractivity contribution is 0.00748. The molecule has 0 radical (unpaired) electrons. The first-order valence-electron chi connectivity index (χ1n) is 8.32. The third-order valence-corrected chi connectivity index (χ3v) is 4.35. The van der Waals surface area contributed by atoms with Crippen molar-refractivity contribution in [1.29, 1.82) is 0 Å². The molecule has 3 rings (SSSR count). The summed E-state index contributed by atoms with van der Waals surface area (Å²) in [6.45, 7) is 6.99. The molecule has 1 aliphatic heterocycles. The van der Waals surface area contributed by atoms with Crippen molar-refractivity contribution in [2.75, 3.05) is 6.54 Å². The molecule has 7 heteroatoms. The van der Waals surface area contributed by atoms with Crippen molar-refractivity contribution in [3.63, 3.8) is 0 Å². The van der Waals surface area contributed by atoms with E-state index in [0.717, 1.165) is 36.8 Å². The Morgan fingerprint density at radius 1 is 1.38 bits per heavy atom. The minimum Gasteiger partial charge on any atom is -0.444 e. The van der Waals surface area contributed by atoms with Gasteiger partial charge >= 0.3 is 6.09 Å². The third kappa shape index (κ3) is 3.80. The molecule has 2 aromatic rings. The molecule has 0 spiro atoms. The van der Waals surface area contributed by atoms with E-state index in [1.54, 1.807) is 6.07 Å². The fourth-order valence-corrected chi connectivity index (χ4v) is 3.20. The van der Waals surface area contributed by atoms with Gasteiger partial charge in [-0.05, 0) is 58.2 Å². The molecule has 1 atom stereocenters. The first kappa shape index (κ1) is 17.0. The zero-order chi connectivity index (χ0) is 17.3. The number of hydrogen-bond acceptors (Lipinski definition) is 4. The maximum absolute atomic E-state index is 12.5. The van der Waals surface area contributed by atoms with Crippen LogP contribution in [0.2, 0.25) is 5.02 Å². The average molecular weight is 351 g/mol. The Kier molecular flexibility index (Phi) is 4.67. The van der Waals surface area contributed by atoms with Crippen LogP contribution in [0.3, 0.4) is 0 Å². The molecule has 0 aliphatic carbocycles. The number of carbonyl (C=O) groups is 1. The highest BCUT2D eigenvalue weighted by molar-refractivity contribution is 6.31. The van der Waals surface area contributed by atoms with Crippen molar-refractivity contribution in [3.8, 4) is 0 Å². The number of rotatable bonds is 2. The van der Waals surface area contributed by atoms with Crippen molar-refractivity contribution in [2.45, 2.75) is 58.2 Å². The van der Waals surface area contributed by atoms with E-state index in [-0.39, 0.29) is 12.1 Å². The van der Waals surface area contributed by atoms with Crippen LogP contribution in [0.15, 0.2) is 18.2 Å². The van der Waals surface area contributed by atoms with Crippen LogP contribution in [0.1, 0.15) is 40.0 Å². The summed E-state index contributed by atoms with van der Waals surface area (Å²) in [6.07, 6.45) is 2.79. The summed E-state index contributed by atoms with van der Waals surface area (Å²) in [4.78, 5) is 14.3. The van der Waals surface area contributed by atoms with Crippen molar-refractivity contribution in [3.05, 3.63) is 23.2 Å². The molecule has 1 fully saturated rings. The van der Waals surface area contributed by atoms with Gasteiger partial charge in [-0.3, -0.25) is 0 Å². The maximum atomic E-state index is 12.5. The van der Waals surface area contributed by atoms with E-state index >= 15 is 0 Å². The van der Waals surface area contributed by atoms with Crippen molar-refractivity contribution in [1.82, 2.24) is 19.9 Å². The number of hydrogen-bond donors (Lipinski definition) is 0. The van der Waals surface area contributed by atoms with E-state index < -0.39 is 5.60 Å². The minimum atomic E-state index is -0.490. The third-order valence-electron chi connectivity index (χ3n) is 4.11. The molecule has 0 bridgehead atoms. The van der Waals surface area contributed by atoms with E-state index in [9.17, 15) is 4.79 Å². The van der Waals surface area contributed by atoms with Crippen LogP contribution >= 0.6 is 11.6 Å². The van der Waals surface area contributed by atoms with E-state index in [1.165, 1.54) is 0 Å². The second-order valence-electron chi connectivity index (χ2n) is 7.23. The summed E-state index contributed by atoms with van der Waals surface area (Å²) in [7, 11) is 0. The van der Waals surface area contributed by atoms with Gasteiger partial charge < -0.3 is 9.64 Å². The summed E-state index contributed by atoms with van der Waals surface area (Å²) < 4.78 is 7.40. The summed E-state index contributed by atoms with van der Waals surface area (Å²) in [5.74, 6) is 0. The Morgan fingerprint density at radius 3 is 2.92 bits per heavy atom. The number of benzene rings is 1. The van der Waals surface area contributed by atoms with Crippen LogP contribution < -0.4 is 0 Å². The number of aromatic nitrogens is 3. The molecule has 1 aromatic heterocycles. The number of carbonyl (C=O) groups excluding carboxylic acids is 1. The molecule has 0 N–H and O–H groups in total. The number of nitrogens with zero attached hydrogens (tertiary/aromatic N) is 4. The number of ether oxygens (including phenoxy) is 1. The Labute approximate surface area is 146 Å². The van der Waals surface area contributed by atoms with Gasteiger partial charge in [0.1, 0.15) is 11.1 Å². The monoisotopic (exact) mass is 350 g/mol. The highest BCUT2D eigenvalue weighted by atomic mass is 35.5. The summed E-state index contributed by atoms with van der Waals surface area (Å²) in [5, 5.41) is 9.04. The Balaban J connectivity index is 1.79. The predicted molar refractivity (Wildman–Crippen MR) is 93.1 cm³/mol. The number of halogens is 1. The largest absolute Gasteiger partial charge is 0.444 e. The van der Waals surface area contributed by atoms with Gasteiger partial charge in [0.05, 0.1) is 18.1 Å². The van der Waals surface area contributed by atoms with Gasteiger partial charge in [-0.1, -0.05) is 16.8 Å². The Morgan fingerprint density at radius 2 is 2.17 bits per heavy atom. The first-order valence-corrected chi connectivity index (χ1v) is 8.70. The van der Waals surface area contributed by atoms with Crippen LogP contribution in [0.25, 0.3) is 11.0 Å². The van der Waals surface area contributed by atoms with Gasteiger partial charge in [-0.2, -0.15) is 0 Å². The summed E-state index contributed by atoms with van der Waals surface area (Å²) in [6, 6.07) is 5.61. The van der Waals surface area contributed by atoms with Gasteiger partial charge in [-0.15, -0.1) is 5.10 Å². The quantitative estimate of drug-likeness (QED) is 0.824. The molecule has 1 amide bonds. The van der Waals surface area contributed by atoms with Crippen LogP contribution in [0.4, 0.5) is 4.79 Å². The lowest BCUT2D eigenvalue weighted by atomic mass is 10.0. The SMILES string of the molecule is CC(C)(C)OC(=O)N1CCCCC1Cn1nnc2cc(Cl)ccc21. The molecule has 2 heterocycles. The zero-order valence-electron chi connectivity index (χ0n) is 14.3. The van der Waals surface area contributed by atoms with Gasteiger partial charge in [0.15, 0.2) is 0 Å². The van der Waals surface area contributed by atoms with Gasteiger partial charge in [-0.25, -0.2) is 9.48 Å². The zero-order valence-corrected chi connectivity index (χ0v) is 15.1. The van der Waals surface area contributed by atoms with E-state index in [2.05, 4.69) is 10.3 Å². The lowest BCUT2D eigenvalue weighted by Gasteiger charge is -2.36. The first-order chi connectivity index (χ1) is 11.3. The standard InChI is InChI=1S/C17H23ClN4O2/c1-17(2,3)24-16(23)21-9-5-4-6-13(21)11-22-15-8-7-12(18)10-14(15)19-20-22/h7-8,10,13H,4-6,9,11H2,1-3H3. The lowest BCUT2D eigenvalue weighted by Crippen LogP contribution is -2.48. The normalized spacial score (nSPS) is 18.8. The maximum Gasteiger partial charge on any atom is 0.410 e. The van der Waals surface area contributed by atoms with Crippen molar-refractivity contribution < 1.29 is 9.53 Å². The van der Waals surface area contributed by atoms with Crippen LogP contribution in [-0.4, -0.2) is 44.2 Å². The molecule has 0 saturated carbocycles. The molecule has 6 nitrogen and oxygen atoms in total. The smallest absolute Gasteiger partial charge is 0.410 e. The fraction of sp³-hybridized carbons (Fsp3) is 0.588. The molecule has 130 valence electrons. The van der Waals surface area contributed by atoms with Crippen molar-refractivity contribution in [2.24, 2.45) is 0 Å². The number of likely N-dealkylation sites (tertiary alicyclic amines) is 1. The second-order valence-corrected chi connectivity index (χ2v) is 7.66. The van der Waals surface area contributed by atoms with Crippen LogP contribution in [0.5, 0.6) is 0 Å². The number of fused-ring (bicyclic) bond motifs is 1. The average Bonchev–Trinajstić information content (AvgIpc) is 2.88. The second kappa shape index (κ2) is 6.59. The molecule has 24 heavy (non-hydrogen) atoms. The molecule has 1 saturated heterocycles. The number of amides is 1.